The molecule has 0 amide bonds. The Morgan fingerprint density at radius 1 is 1.33 bits per heavy atom. The minimum absolute atomic E-state index is 0.654. The Hall–Kier alpha value is -0.120. The van der Waals surface area contributed by atoms with Crippen molar-refractivity contribution in [3.05, 3.63) is 0 Å². The maximum Gasteiger partial charge on any atom is 0.00938 e. The molecule has 3 nitrogen and oxygen atoms in total. The molecule has 1 heterocycles. The van der Waals surface area contributed by atoms with Gasteiger partial charge in [-0.15, -0.1) is 0 Å². The Morgan fingerprint density at radius 2 is 1.93 bits per heavy atom. The summed E-state index contributed by atoms with van der Waals surface area (Å²) in [4.78, 5) is 4.68. The molecule has 0 aliphatic carbocycles. The lowest BCUT2D eigenvalue weighted by Crippen LogP contribution is -2.44. The van der Waals surface area contributed by atoms with E-state index in [4.69, 9.17) is 0 Å². The molecule has 0 spiro atoms. The molecule has 1 aliphatic heterocycles. The largest absolute Gasteiger partial charge is 0.311 e. The smallest absolute Gasteiger partial charge is 0.00938 e. The Balaban J connectivity index is 2.12. The topological polar surface area (TPSA) is 18.5 Å². The highest BCUT2D eigenvalue weighted by Gasteiger charge is 2.17. The highest BCUT2D eigenvalue weighted by molar-refractivity contribution is 4.78. The van der Waals surface area contributed by atoms with Gasteiger partial charge in [-0.3, -0.25) is 0 Å². The molecule has 0 aromatic heterocycles. The van der Waals surface area contributed by atoms with Crippen LogP contribution >= 0.6 is 0 Å². The third kappa shape index (κ3) is 5.50. The van der Waals surface area contributed by atoms with Crippen molar-refractivity contribution < 1.29 is 0 Å². The van der Waals surface area contributed by atoms with Crippen LogP contribution in [0.5, 0.6) is 0 Å². The molecule has 0 saturated carbocycles. The number of nitrogens with zero attached hydrogens (tertiary/aromatic N) is 2. The molecular weight excluding hydrogens is 186 g/mol. The van der Waals surface area contributed by atoms with Gasteiger partial charge >= 0.3 is 0 Å². The maximum absolute atomic E-state index is 3.74. The van der Waals surface area contributed by atoms with Gasteiger partial charge < -0.3 is 15.1 Å². The quantitative estimate of drug-likeness (QED) is 0.735. The number of nitrogens with one attached hydrogen (secondary N) is 1. The second-order valence-electron chi connectivity index (χ2n) is 5.24. The third-order valence-corrected chi connectivity index (χ3v) is 3.25. The molecule has 0 aromatic carbocycles. The predicted octanol–water partition coefficient (Wildman–Crippen LogP) is 1.01. The van der Waals surface area contributed by atoms with E-state index in [1.807, 2.05) is 0 Å². The average molecular weight is 213 g/mol. The summed E-state index contributed by atoms with van der Waals surface area (Å²) < 4.78 is 0. The first-order valence-electron chi connectivity index (χ1n) is 6.17. The van der Waals surface area contributed by atoms with Crippen LogP contribution in [0, 0.1) is 0 Å². The van der Waals surface area contributed by atoms with Crippen LogP contribution in [0.15, 0.2) is 0 Å². The van der Waals surface area contributed by atoms with Gasteiger partial charge in [0.05, 0.1) is 0 Å². The van der Waals surface area contributed by atoms with Gasteiger partial charge in [-0.1, -0.05) is 0 Å². The second-order valence-corrected chi connectivity index (χ2v) is 5.24. The van der Waals surface area contributed by atoms with Gasteiger partial charge in [0, 0.05) is 12.1 Å². The lowest BCUT2D eigenvalue weighted by Gasteiger charge is -2.32. The molecule has 0 radical (unpaired) electrons. The molecule has 0 bridgehead atoms. The highest BCUT2D eigenvalue weighted by atomic mass is 15.1. The number of hydrogen-bond donors (Lipinski definition) is 1. The number of piperidine rings is 1. The summed E-state index contributed by atoms with van der Waals surface area (Å²) in [6, 6.07) is 1.40. The van der Waals surface area contributed by atoms with Crippen molar-refractivity contribution in [2.75, 3.05) is 40.8 Å². The van der Waals surface area contributed by atoms with E-state index in [2.05, 4.69) is 43.2 Å². The van der Waals surface area contributed by atoms with Crippen LogP contribution in [-0.4, -0.2) is 62.7 Å². The molecular formula is C12H27N3. The van der Waals surface area contributed by atoms with Crippen molar-refractivity contribution in [2.24, 2.45) is 0 Å². The summed E-state index contributed by atoms with van der Waals surface area (Å²) in [5.74, 6) is 0. The first-order valence-corrected chi connectivity index (χ1v) is 6.17. The van der Waals surface area contributed by atoms with Gasteiger partial charge in [-0.05, 0) is 67.0 Å². The van der Waals surface area contributed by atoms with Crippen LogP contribution in [0.25, 0.3) is 0 Å². The molecule has 3 heteroatoms. The lowest BCUT2D eigenvalue weighted by molar-refractivity contribution is 0.221. The van der Waals surface area contributed by atoms with E-state index >= 15 is 0 Å². The highest BCUT2D eigenvalue weighted by Crippen LogP contribution is 2.09. The SMILES string of the molecule is CC(CCN(C)C)NC1CCN(C)CC1. The number of likely N-dealkylation sites (tertiary alicyclic amines) is 1. The number of hydrogen-bond acceptors (Lipinski definition) is 3. The summed E-state index contributed by atoms with van der Waals surface area (Å²) in [6.07, 6.45) is 3.87. The van der Waals surface area contributed by atoms with Crippen molar-refractivity contribution >= 4 is 0 Å². The molecule has 90 valence electrons. The summed E-state index contributed by atoms with van der Waals surface area (Å²) in [5, 5.41) is 3.74. The van der Waals surface area contributed by atoms with Crippen LogP contribution in [0.3, 0.4) is 0 Å². The van der Waals surface area contributed by atoms with E-state index in [1.54, 1.807) is 0 Å². The van der Waals surface area contributed by atoms with E-state index in [-0.39, 0.29) is 0 Å². The molecule has 15 heavy (non-hydrogen) atoms. The van der Waals surface area contributed by atoms with Gasteiger partial charge in [0.1, 0.15) is 0 Å². The van der Waals surface area contributed by atoms with Crippen LogP contribution < -0.4 is 5.32 Å². The fourth-order valence-electron chi connectivity index (χ4n) is 2.11. The first kappa shape index (κ1) is 12.9. The molecule has 1 saturated heterocycles. The van der Waals surface area contributed by atoms with Crippen LogP contribution in [0.1, 0.15) is 26.2 Å². The van der Waals surface area contributed by atoms with Crippen molar-refractivity contribution in [1.82, 2.24) is 15.1 Å². The van der Waals surface area contributed by atoms with Gasteiger partial charge in [0.15, 0.2) is 0 Å². The third-order valence-electron chi connectivity index (χ3n) is 3.25. The van der Waals surface area contributed by atoms with Gasteiger partial charge in [-0.2, -0.15) is 0 Å². The standard InChI is InChI=1S/C12H27N3/c1-11(5-8-14(2)3)13-12-6-9-15(4)10-7-12/h11-13H,5-10H2,1-4H3. The molecule has 0 aromatic rings. The molecule has 1 N–H and O–H groups in total. The normalized spacial score (nSPS) is 22.2. The van der Waals surface area contributed by atoms with E-state index in [1.165, 1.54) is 38.9 Å². The maximum atomic E-state index is 3.74. The summed E-state index contributed by atoms with van der Waals surface area (Å²) >= 11 is 0. The van der Waals surface area contributed by atoms with Crippen molar-refractivity contribution in [3.8, 4) is 0 Å². The van der Waals surface area contributed by atoms with Crippen molar-refractivity contribution in [1.29, 1.82) is 0 Å². The summed E-state index contributed by atoms with van der Waals surface area (Å²) in [7, 11) is 6.50. The lowest BCUT2D eigenvalue weighted by atomic mass is 10.0. The van der Waals surface area contributed by atoms with Crippen LogP contribution in [-0.2, 0) is 0 Å². The zero-order valence-corrected chi connectivity index (χ0v) is 10.8. The van der Waals surface area contributed by atoms with E-state index in [0.29, 0.717) is 6.04 Å². The minimum Gasteiger partial charge on any atom is -0.311 e. The van der Waals surface area contributed by atoms with Crippen molar-refractivity contribution in [2.45, 2.75) is 38.3 Å². The van der Waals surface area contributed by atoms with E-state index in [9.17, 15) is 0 Å². The Labute approximate surface area is 94.8 Å². The van der Waals surface area contributed by atoms with Crippen LogP contribution in [0.4, 0.5) is 0 Å². The van der Waals surface area contributed by atoms with E-state index in [0.717, 1.165) is 6.04 Å². The molecule has 1 fully saturated rings. The van der Waals surface area contributed by atoms with Crippen molar-refractivity contribution in [3.63, 3.8) is 0 Å². The Bertz CT molecular complexity index is 162. The summed E-state index contributed by atoms with van der Waals surface area (Å²) in [6.45, 7) is 5.98. The zero-order valence-electron chi connectivity index (χ0n) is 10.8. The van der Waals surface area contributed by atoms with Crippen LogP contribution in [0.2, 0.25) is 0 Å². The van der Waals surface area contributed by atoms with Gasteiger partial charge in [0.25, 0.3) is 0 Å². The first-order chi connectivity index (χ1) is 7.08. The fraction of sp³-hybridized carbons (Fsp3) is 1.00. The van der Waals surface area contributed by atoms with Gasteiger partial charge in [-0.25, -0.2) is 0 Å². The minimum atomic E-state index is 0.654. The number of rotatable bonds is 5. The average Bonchev–Trinajstić information content (AvgIpc) is 2.19. The fourth-order valence-corrected chi connectivity index (χ4v) is 2.11. The second kappa shape index (κ2) is 6.46. The van der Waals surface area contributed by atoms with Gasteiger partial charge in [0.2, 0.25) is 0 Å². The molecule has 1 atom stereocenters. The molecule has 1 aliphatic rings. The van der Waals surface area contributed by atoms with E-state index < -0.39 is 0 Å². The Kier molecular flexibility index (Phi) is 5.58. The monoisotopic (exact) mass is 213 g/mol. The molecule has 1 rings (SSSR count). The Morgan fingerprint density at radius 3 is 2.47 bits per heavy atom. The predicted molar refractivity (Wildman–Crippen MR) is 66.3 cm³/mol. The molecule has 1 unspecified atom stereocenters. The zero-order chi connectivity index (χ0) is 11.3. The summed E-state index contributed by atoms with van der Waals surface area (Å²) in [5.41, 5.74) is 0.